The molecule has 0 N–H and O–H groups in total. The number of anilines is 1. The van der Waals surface area contributed by atoms with E-state index in [9.17, 15) is 18.0 Å². The third-order valence-electron chi connectivity index (χ3n) is 6.10. The first-order valence-corrected chi connectivity index (χ1v) is 13.9. The first-order chi connectivity index (χ1) is 18.1. The van der Waals surface area contributed by atoms with Crippen molar-refractivity contribution in [3.05, 3.63) is 81.3 Å². The molecule has 0 saturated carbocycles. The number of carbonyl (C=O) groups is 2. The Labute approximate surface area is 235 Å². The number of ether oxygens (including phenoxy) is 2. The summed E-state index contributed by atoms with van der Waals surface area (Å²) in [6.07, 6.45) is -0.137. The molecule has 1 aliphatic rings. The average molecular weight is 598 g/mol. The SMILES string of the molecule is COc1ccc(CCN(C2CC(=O)N(c3ccc(Cl)cc3)C2=O)S(=O)(=O)c2cc(Cl)ccc2Cl)cc1OC. The first-order valence-electron chi connectivity index (χ1n) is 11.4. The second kappa shape index (κ2) is 11.5. The fraction of sp³-hybridized carbons (Fsp3) is 0.231. The van der Waals surface area contributed by atoms with Gasteiger partial charge in [-0.2, -0.15) is 4.31 Å². The smallest absolute Gasteiger partial charge is 0.252 e. The van der Waals surface area contributed by atoms with Crippen molar-refractivity contribution in [1.82, 2.24) is 4.31 Å². The van der Waals surface area contributed by atoms with Gasteiger partial charge in [-0.1, -0.05) is 40.9 Å². The highest BCUT2D eigenvalue weighted by Gasteiger charge is 2.47. The zero-order valence-corrected chi connectivity index (χ0v) is 23.4. The van der Waals surface area contributed by atoms with Gasteiger partial charge in [-0.05, 0) is 66.6 Å². The van der Waals surface area contributed by atoms with Gasteiger partial charge in [0, 0.05) is 16.6 Å². The van der Waals surface area contributed by atoms with E-state index in [1.807, 2.05) is 0 Å². The average Bonchev–Trinajstić information content (AvgIpc) is 3.18. The summed E-state index contributed by atoms with van der Waals surface area (Å²) in [5, 5.41) is 0.528. The van der Waals surface area contributed by atoms with E-state index in [4.69, 9.17) is 44.3 Å². The molecule has 38 heavy (non-hydrogen) atoms. The third-order valence-corrected chi connectivity index (χ3v) is 8.98. The summed E-state index contributed by atoms with van der Waals surface area (Å²) < 4.78 is 39.5. The van der Waals surface area contributed by atoms with Crippen LogP contribution in [0.4, 0.5) is 5.69 Å². The number of carbonyl (C=O) groups excluding carboxylic acids is 2. The number of nitrogens with zero attached hydrogens (tertiary/aromatic N) is 2. The highest BCUT2D eigenvalue weighted by atomic mass is 35.5. The molecule has 8 nitrogen and oxygen atoms in total. The molecule has 12 heteroatoms. The fourth-order valence-electron chi connectivity index (χ4n) is 4.22. The van der Waals surface area contributed by atoms with Crippen LogP contribution in [-0.4, -0.2) is 51.3 Å². The molecular formula is C26H23Cl3N2O6S. The minimum atomic E-state index is -4.36. The molecule has 1 heterocycles. The highest BCUT2D eigenvalue weighted by molar-refractivity contribution is 7.89. The van der Waals surface area contributed by atoms with Crippen molar-refractivity contribution >= 4 is 62.3 Å². The normalized spacial score (nSPS) is 15.8. The third kappa shape index (κ3) is 5.62. The molecule has 0 spiro atoms. The molecule has 1 saturated heterocycles. The molecule has 1 atom stereocenters. The van der Waals surface area contributed by atoms with Crippen LogP contribution in [0, 0.1) is 0 Å². The standard InChI is InChI=1S/C26H23Cl3N2O6S/c1-36-22-10-3-16(13-23(22)37-2)11-12-30(38(34,35)24-14-18(28)6-9-20(24)29)21-15-25(32)31(26(21)33)19-7-4-17(27)5-8-19/h3-10,13-14,21H,11-12,15H2,1-2H3. The van der Waals surface area contributed by atoms with E-state index < -0.39 is 27.9 Å². The van der Waals surface area contributed by atoms with E-state index in [-0.39, 0.29) is 34.3 Å². The van der Waals surface area contributed by atoms with Crippen LogP contribution < -0.4 is 14.4 Å². The second-order valence-electron chi connectivity index (χ2n) is 8.39. The molecule has 0 aromatic heterocycles. The van der Waals surface area contributed by atoms with E-state index >= 15 is 0 Å². The number of amides is 2. The van der Waals surface area contributed by atoms with Crippen LogP contribution in [0.2, 0.25) is 15.1 Å². The van der Waals surface area contributed by atoms with Crippen LogP contribution in [0.5, 0.6) is 11.5 Å². The summed E-state index contributed by atoms with van der Waals surface area (Å²) in [7, 11) is -1.36. The van der Waals surface area contributed by atoms with E-state index in [1.165, 1.54) is 44.6 Å². The van der Waals surface area contributed by atoms with Crippen LogP contribution in [0.25, 0.3) is 0 Å². The monoisotopic (exact) mass is 596 g/mol. The molecule has 0 radical (unpaired) electrons. The maximum Gasteiger partial charge on any atom is 0.252 e. The van der Waals surface area contributed by atoms with Crippen molar-refractivity contribution in [2.75, 3.05) is 25.7 Å². The van der Waals surface area contributed by atoms with Crippen LogP contribution in [-0.2, 0) is 26.0 Å². The summed E-state index contributed by atoms with van der Waals surface area (Å²) in [4.78, 5) is 27.2. The maximum atomic E-state index is 13.9. The van der Waals surface area contributed by atoms with E-state index in [2.05, 4.69) is 0 Å². The van der Waals surface area contributed by atoms with Crippen LogP contribution in [0.1, 0.15) is 12.0 Å². The predicted molar refractivity (Wildman–Crippen MR) is 146 cm³/mol. The lowest BCUT2D eigenvalue weighted by atomic mass is 10.1. The molecule has 0 bridgehead atoms. The zero-order valence-electron chi connectivity index (χ0n) is 20.4. The molecule has 1 fully saturated rings. The van der Waals surface area contributed by atoms with Crippen LogP contribution in [0.3, 0.4) is 0 Å². The van der Waals surface area contributed by atoms with Gasteiger partial charge in [0.1, 0.15) is 10.9 Å². The van der Waals surface area contributed by atoms with Crippen LogP contribution in [0.15, 0.2) is 65.6 Å². The van der Waals surface area contributed by atoms with Crippen molar-refractivity contribution in [1.29, 1.82) is 0 Å². The summed E-state index contributed by atoms with van der Waals surface area (Å²) in [6.45, 7) is -0.126. The second-order valence-corrected chi connectivity index (χ2v) is 11.5. The Morgan fingerprint density at radius 2 is 1.55 bits per heavy atom. The summed E-state index contributed by atoms with van der Waals surface area (Å²) >= 11 is 18.3. The van der Waals surface area contributed by atoms with Gasteiger partial charge in [0.2, 0.25) is 15.9 Å². The fourth-order valence-corrected chi connectivity index (χ4v) is 6.67. The van der Waals surface area contributed by atoms with Gasteiger partial charge in [0.25, 0.3) is 5.91 Å². The summed E-state index contributed by atoms with van der Waals surface area (Å²) in [6, 6.07) is 14.1. The number of sulfonamides is 1. The highest BCUT2D eigenvalue weighted by Crippen LogP contribution is 2.34. The largest absolute Gasteiger partial charge is 0.493 e. The predicted octanol–water partition coefficient (Wildman–Crippen LogP) is 5.23. The number of benzene rings is 3. The summed E-state index contributed by atoms with van der Waals surface area (Å²) in [5.74, 6) is -0.225. The van der Waals surface area contributed by atoms with Crippen molar-refractivity contribution in [2.45, 2.75) is 23.8 Å². The molecule has 1 unspecified atom stereocenters. The number of halogens is 3. The Hall–Kier alpha value is -2.82. The van der Waals surface area contributed by atoms with Crippen molar-refractivity contribution < 1.29 is 27.5 Å². The lowest BCUT2D eigenvalue weighted by Gasteiger charge is -2.27. The molecular weight excluding hydrogens is 575 g/mol. The number of imide groups is 1. The molecule has 0 aliphatic carbocycles. The van der Waals surface area contributed by atoms with Gasteiger partial charge >= 0.3 is 0 Å². The molecule has 2 amide bonds. The lowest BCUT2D eigenvalue weighted by molar-refractivity contribution is -0.122. The maximum absolute atomic E-state index is 13.9. The quantitative estimate of drug-likeness (QED) is 0.314. The van der Waals surface area contributed by atoms with Gasteiger partial charge in [0.15, 0.2) is 11.5 Å². The van der Waals surface area contributed by atoms with Gasteiger partial charge in [-0.3, -0.25) is 9.59 Å². The Bertz CT molecular complexity index is 1480. The molecule has 200 valence electrons. The van der Waals surface area contributed by atoms with Crippen LogP contribution >= 0.6 is 34.8 Å². The number of hydrogen-bond acceptors (Lipinski definition) is 6. The summed E-state index contributed by atoms with van der Waals surface area (Å²) in [5.41, 5.74) is 1.02. The van der Waals surface area contributed by atoms with Crippen molar-refractivity contribution in [3.63, 3.8) is 0 Å². The Morgan fingerprint density at radius 1 is 0.895 bits per heavy atom. The Balaban J connectivity index is 1.73. The Kier molecular flexibility index (Phi) is 8.54. The van der Waals surface area contributed by atoms with Crippen molar-refractivity contribution in [2.24, 2.45) is 0 Å². The minimum Gasteiger partial charge on any atom is -0.493 e. The molecule has 3 aromatic rings. The number of hydrogen-bond donors (Lipinski definition) is 0. The van der Waals surface area contributed by atoms with E-state index in [1.54, 1.807) is 30.3 Å². The van der Waals surface area contributed by atoms with E-state index in [0.29, 0.717) is 22.2 Å². The molecule has 4 rings (SSSR count). The van der Waals surface area contributed by atoms with Gasteiger partial charge in [-0.15, -0.1) is 0 Å². The topological polar surface area (TPSA) is 93.2 Å². The van der Waals surface area contributed by atoms with E-state index in [0.717, 1.165) is 14.8 Å². The van der Waals surface area contributed by atoms with Gasteiger partial charge < -0.3 is 9.47 Å². The molecule has 3 aromatic carbocycles. The molecule has 1 aliphatic heterocycles. The Morgan fingerprint density at radius 3 is 2.21 bits per heavy atom. The number of methoxy groups -OCH3 is 2. The van der Waals surface area contributed by atoms with Gasteiger partial charge in [-0.25, -0.2) is 13.3 Å². The minimum absolute atomic E-state index is 0.0585. The zero-order chi connectivity index (χ0) is 27.6. The first kappa shape index (κ1) is 28.2. The number of rotatable bonds is 9. The van der Waals surface area contributed by atoms with Crippen molar-refractivity contribution in [3.8, 4) is 11.5 Å². The lowest BCUT2D eigenvalue weighted by Crippen LogP contribution is -2.46. The van der Waals surface area contributed by atoms with Gasteiger partial charge in [0.05, 0.1) is 31.4 Å².